The third kappa shape index (κ3) is 5.69. The molecule has 2 unspecified atom stereocenters. The number of ether oxygens (including phenoxy) is 5. The average molecular weight is 324 g/mol. The van der Waals surface area contributed by atoms with Crippen LogP contribution in [0.2, 0.25) is 0 Å². The number of cyclic esters (lactones) is 1. The minimum Gasteiger partial charge on any atom is -0.490 e. The molecule has 126 valence electrons. The highest BCUT2D eigenvalue weighted by Crippen LogP contribution is 2.20. The van der Waals surface area contributed by atoms with Crippen molar-refractivity contribution in [2.45, 2.75) is 32.0 Å². The summed E-state index contributed by atoms with van der Waals surface area (Å²) in [7, 11) is 1.25. The van der Waals surface area contributed by atoms with Gasteiger partial charge in [0, 0.05) is 6.42 Å². The Hall–Kier alpha value is -2.44. The number of esters is 1. The van der Waals surface area contributed by atoms with Crippen molar-refractivity contribution >= 4 is 12.1 Å². The van der Waals surface area contributed by atoms with Gasteiger partial charge in [0.25, 0.3) is 0 Å². The van der Waals surface area contributed by atoms with Crippen LogP contribution in [0.15, 0.2) is 24.3 Å². The molecular weight excluding hydrogens is 304 g/mol. The lowest BCUT2D eigenvalue weighted by molar-refractivity contribution is -0.142. The highest BCUT2D eigenvalue weighted by molar-refractivity contribution is 5.71. The van der Waals surface area contributed by atoms with E-state index in [0.717, 1.165) is 0 Å². The van der Waals surface area contributed by atoms with E-state index in [1.165, 1.54) is 7.11 Å². The Morgan fingerprint density at radius 3 is 2.48 bits per heavy atom. The first-order valence-electron chi connectivity index (χ1n) is 7.36. The smallest absolute Gasteiger partial charge is 0.490 e. The zero-order valence-electron chi connectivity index (χ0n) is 13.2. The molecule has 0 aliphatic carbocycles. The third-order valence-electron chi connectivity index (χ3n) is 3.18. The van der Waals surface area contributed by atoms with Gasteiger partial charge in [-0.05, 0) is 37.6 Å². The monoisotopic (exact) mass is 324 g/mol. The lowest BCUT2D eigenvalue weighted by Crippen LogP contribution is -2.21. The fraction of sp³-hybridized carbons (Fsp3) is 0.500. The predicted molar refractivity (Wildman–Crippen MR) is 79.5 cm³/mol. The largest absolute Gasteiger partial charge is 0.508 e. The summed E-state index contributed by atoms with van der Waals surface area (Å²) >= 11 is 0. The zero-order valence-corrected chi connectivity index (χ0v) is 13.2. The standard InChI is InChI=1S/C16H20O7/c1-11(22-16(18)19-2)9-20-12-3-5-13(6-4-12)21-10-14-7-8-15(17)23-14/h3-6,11,14H,7-10H2,1-2H3. The lowest BCUT2D eigenvalue weighted by atomic mass is 10.2. The van der Waals surface area contributed by atoms with Crippen LogP contribution in [0, 0.1) is 0 Å². The van der Waals surface area contributed by atoms with Gasteiger partial charge in [-0.3, -0.25) is 4.79 Å². The quantitative estimate of drug-likeness (QED) is 0.712. The second-order valence-corrected chi connectivity index (χ2v) is 5.13. The van der Waals surface area contributed by atoms with Gasteiger partial charge in [-0.15, -0.1) is 0 Å². The average Bonchev–Trinajstić information content (AvgIpc) is 2.97. The minimum atomic E-state index is -0.738. The van der Waals surface area contributed by atoms with Crippen LogP contribution < -0.4 is 9.47 Å². The molecule has 0 bridgehead atoms. The van der Waals surface area contributed by atoms with Gasteiger partial charge in [0.15, 0.2) is 0 Å². The van der Waals surface area contributed by atoms with Crippen molar-refractivity contribution in [2.24, 2.45) is 0 Å². The highest BCUT2D eigenvalue weighted by Gasteiger charge is 2.23. The fourth-order valence-electron chi connectivity index (χ4n) is 1.98. The number of hydrogen-bond donors (Lipinski definition) is 0. The molecule has 0 radical (unpaired) electrons. The fourth-order valence-corrected chi connectivity index (χ4v) is 1.98. The molecule has 1 aliphatic rings. The summed E-state index contributed by atoms with van der Waals surface area (Å²) in [6.45, 7) is 2.26. The SMILES string of the molecule is COC(=O)OC(C)COc1ccc(OCC2CCC(=O)O2)cc1. The van der Waals surface area contributed by atoms with Crippen molar-refractivity contribution in [1.29, 1.82) is 0 Å². The molecule has 7 nitrogen and oxygen atoms in total. The maximum absolute atomic E-state index is 11.0. The van der Waals surface area contributed by atoms with Crippen molar-refractivity contribution < 1.29 is 33.3 Å². The molecule has 2 atom stereocenters. The molecule has 0 N–H and O–H groups in total. The molecule has 0 saturated carbocycles. The Labute approximate surface area is 134 Å². The molecule has 7 heteroatoms. The molecule has 1 aromatic rings. The van der Waals surface area contributed by atoms with Crippen LogP contribution >= 0.6 is 0 Å². The summed E-state index contributed by atoms with van der Waals surface area (Å²) in [5, 5.41) is 0. The molecular formula is C16H20O7. The first kappa shape index (κ1) is 16.9. The topological polar surface area (TPSA) is 80.3 Å². The van der Waals surface area contributed by atoms with Crippen molar-refractivity contribution in [3.05, 3.63) is 24.3 Å². The number of carbonyl (C=O) groups excluding carboxylic acids is 2. The van der Waals surface area contributed by atoms with Crippen molar-refractivity contribution in [3.8, 4) is 11.5 Å². The lowest BCUT2D eigenvalue weighted by Gasteiger charge is -2.14. The number of benzene rings is 1. The van der Waals surface area contributed by atoms with Gasteiger partial charge < -0.3 is 23.7 Å². The Morgan fingerprint density at radius 1 is 1.26 bits per heavy atom. The van der Waals surface area contributed by atoms with Gasteiger partial charge in [-0.1, -0.05) is 0 Å². The number of carbonyl (C=O) groups is 2. The Morgan fingerprint density at radius 2 is 1.91 bits per heavy atom. The minimum absolute atomic E-state index is 0.172. The van der Waals surface area contributed by atoms with Gasteiger partial charge in [0.1, 0.15) is 36.9 Å². The van der Waals surface area contributed by atoms with Crippen LogP contribution in [0.1, 0.15) is 19.8 Å². The van der Waals surface area contributed by atoms with Crippen LogP contribution in [-0.4, -0.2) is 44.7 Å². The van der Waals surface area contributed by atoms with Gasteiger partial charge >= 0.3 is 12.1 Å². The molecule has 0 amide bonds. The van der Waals surface area contributed by atoms with E-state index in [2.05, 4.69) is 4.74 Å². The second-order valence-electron chi connectivity index (χ2n) is 5.13. The molecule has 0 spiro atoms. The molecule has 1 heterocycles. The maximum Gasteiger partial charge on any atom is 0.508 e. The molecule has 23 heavy (non-hydrogen) atoms. The van der Waals surface area contributed by atoms with E-state index in [1.54, 1.807) is 31.2 Å². The Balaban J connectivity index is 1.71. The van der Waals surface area contributed by atoms with Crippen molar-refractivity contribution in [2.75, 3.05) is 20.3 Å². The highest BCUT2D eigenvalue weighted by atomic mass is 16.7. The number of rotatable bonds is 7. The van der Waals surface area contributed by atoms with E-state index in [9.17, 15) is 9.59 Å². The molecule has 0 aromatic heterocycles. The van der Waals surface area contributed by atoms with Crippen LogP contribution in [0.3, 0.4) is 0 Å². The summed E-state index contributed by atoms with van der Waals surface area (Å²) in [4.78, 5) is 21.9. The Kier molecular flexibility index (Phi) is 6.08. The van der Waals surface area contributed by atoms with Gasteiger partial charge in [-0.25, -0.2) is 4.79 Å². The third-order valence-corrected chi connectivity index (χ3v) is 3.18. The van der Waals surface area contributed by atoms with Gasteiger partial charge in [0.05, 0.1) is 7.11 Å². The van der Waals surface area contributed by atoms with Gasteiger partial charge in [0.2, 0.25) is 0 Å². The summed E-state index contributed by atoms with van der Waals surface area (Å²) in [6.07, 6.45) is -0.187. The molecule has 1 fully saturated rings. The van der Waals surface area contributed by atoms with E-state index in [1.807, 2.05) is 0 Å². The first-order valence-corrected chi connectivity index (χ1v) is 7.36. The molecule has 1 aromatic carbocycles. The predicted octanol–water partition coefficient (Wildman–Crippen LogP) is 2.32. The first-order chi connectivity index (χ1) is 11.1. The number of methoxy groups -OCH3 is 1. The van der Waals surface area contributed by atoms with E-state index < -0.39 is 12.3 Å². The van der Waals surface area contributed by atoms with E-state index >= 15 is 0 Å². The van der Waals surface area contributed by atoms with Crippen LogP contribution in [0.5, 0.6) is 11.5 Å². The summed E-state index contributed by atoms with van der Waals surface area (Å²) in [6, 6.07) is 7.03. The molecule has 2 rings (SSSR count). The summed E-state index contributed by atoms with van der Waals surface area (Å²) in [5.41, 5.74) is 0. The zero-order chi connectivity index (χ0) is 16.7. The van der Waals surface area contributed by atoms with Crippen molar-refractivity contribution in [3.63, 3.8) is 0 Å². The summed E-state index contributed by atoms with van der Waals surface area (Å²) in [5.74, 6) is 1.12. The van der Waals surface area contributed by atoms with E-state index in [-0.39, 0.29) is 18.7 Å². The van der Waals surface area contributed by atoms with E-state index in [4.69, 9.17) is 18.9 Å². The maximum atomic E-state index is 11.0. The normalized spacial score (nSPS) is 18.0. The molecule has 1 saturated heterocycles. The van der Waals surface area contributed by atoms with Crippen molar-refractivity contribution in [1.82, 2.24) is 0 Å². The van der Waals surface area contributed by atoms with Crippen LogP contribution in [0.4, 0.5) is 4.79 Å². The second kappa shape index (κ2) is 8.26. The Bertz CT molecular complexity index is 526. The van der Waals surface area contributed by atoms with E-state index in [0.29, 0.717) is 30.9 Å². The van der Waals surface area contributed by atoms with Crippen LogP contribution in [0.25, 0.3) is 0 Å². The number of hydrogen-bond acceptors (Lipinski definition) is 7. The van der Waals surface area contributed by atoms with Gasteiger partial charge in [-0.2, -0.15) is 0 Å². The summed E-state index contributed by atoms with van der Waals surface area (Å²) < 4.78 is 25.4. The van der Waals surface area contributed by atoms with Crippen LogP contribution in [-0.2, 0) is 19.0 Å². The molecule has 1 aliphatic heterocycles.